The van der Waals surface area contributed by atoms with Gasteiger partial charge in [-0.05, 0) is 0 Å². The van der Waals surface area contributed by atoms with Gasteiger partial charge in [-0.1, -0.05) is 107 Å². The van der Waals surface area contributed by atoms with Crippen LogP contribution in [0.3, 0.4) is 0 Å². The normalized spacial score (nSPS) is 10.7. The Morgan fingerprint density at radius 1 is 0.476 bits per heavy atom. The number of nitrogens with one attached hydrogen (secondary N) is 1. The van der Waals surface area contributed by atoms with Crippen molar-refractivity contribution in [3.05, 3.63) is 96.4 Å². The van der Waals surface area contributed by atoms with Crippen molar-refractivity contribution in [3.63, 3.8) is 0 Å². The van der Waals surface area contributed by atoms with Crippen LogP contribution >= 0.6 is 0 Å². The van der Waals surface area contributed by atoms with Crippen LogP contribution in [0.5, 0.6) is 0 Å². The van der Waals surface area contributed by atoms with Gasteiger partial charge in [0.2, 0.25) is 0 Å². The molecule has 0 fully saturated rings. The van der Waals surface area contributed by atoms with Crippen molar-refractivity contribution in [1.29, 1.82) is 0 Å². The molecule has 3 heteroatoms. The maximum atomic E-state index is 9.28. The SMILES string of the molecule is [K+].[NH-][Si](c1ccccc1)(c1ccccc1)c1ccccc1. The Balaban J connectivity index is 0.00000161. The Labute approximate surface area is 169 Å². The molecule has 0 aromatic heterocycles. The zero-order chi connectivity index (χ0) is 13.8. The predicted molar refractivity (Wildman–Crippen MR) is 88.3 cm³/mol. The van der Waals surface area contributed by atoms with Crippen LogP contribution in [-0.4, -0.2) is 8.24 Å². The summed E-state index contributed by atoms with van der Waals surface area (Å²) >= 11 is 0. The first-order chi connectivity index (χ1) is 9.82. The Morgan fingerprint density at radius 3 is 0.952 bits per heavy atom. The van der Waals surface area contributed by atoms with Gasteiger partial charge in [-0.2, -0.15) is 0 Å². The van der Waals surface area contributed by atoms with Crippen LogP contribution < -0.4 is 66.9 Å². The monoisotopic (exact) mass is 313 g/mol. The van der Waals surface area contributed by atoms with Gasteiger partial charge in [0.25, 0.3) is 0 Å². The minimum absolute atomic E-state index is 0. The maximum Gasteiger partial charge on any atom is 1.00 e. The van der Waals surface area contributed by atoms with E-state index < -0.39 is 8.24 Å². The fourth-order valence-electron chi connectivity index (χ4n) is 2.56. The summed E-state index contributed by atoms with van der Waals surface area (Å²) in [7, 11) is -2.63. The maximum absolute atomic E-state index is 9.28. The van der Waals surface area contributed by atoms with E-state index in [0.29, 0.717) is 0 Å². The summed E-state index contributed by atoms with van der Waals surface area (Å²) in [5.74, 6) is 0. The molecule has 3 rings (SSSR count). The van der Waals surface area contributed by atoms with Gasteiger partial charge in [-0.3, -0.25) is 0 Å². The predicted octanol–water partition coefficient (Wildman–Crippen LogP) is -0.290. The van der Waals surface area contributed by atoms with Crippen LogP contribution in [0.15, 0.2) is 91.0 Å². The van der Waals surface area contributed by atoms with E-state index in [4.69, 9.17) is 0 Å². The summed E-state index contributed by atoms with van der Waals surface area (Å²) in [5, 5.41) is 12.7. The molecule has 0 aliphatic carbocycles. The Kier molecular flexibility index (Phi) is 6.13. The van der Waals surface area contributed by atoms with Crippen molar-refractivity contribution < 1.29 is 51.4 Å². The molecule has 0 heterocycles. The van der Waals surface area contributed by atoms with Crippen molar-refractivity contribution in [1.82, 2.24) is 0 Å². The average molecular weight is 314 g/mol. The molecule has 0 amide bonds. The van der Waals surface area contributed by atoms with Crippen LogP contribution in [0.25, 0.3) is 5.40 Å². The molecular formula is C18H16KNSi. The van der Waals surface area contributed by atoms with Crippen LogP contribution in [0.1, 0.15) is 0 Å². The average Bonchev–Trinajstić information content (AvgIpc) is 2.56. The van der Waals surface area contributed by atoms with Crippen LogP contribution in [0, 0.1) is 0 Å². The molecule has 0 aliphatic rings. The molecular weight excluding hydrogens is 297 g/mol. The smallest absolute Gasteiger partial charge is 0.668 e. The summed E-state index contributed by atoms with van der Waals surface area (Å²) in [6.07, 6.45) is 0. The van der Waals surface area contributed by atoms with E-state index in [-0.39, 0.29) is 51.4 Å². The van der Waals surface area contributed by atoms with Crippen molar-refractivity contribution in [2.45, 2.75) is 0 Å². The molecule has 21 heavy (non-hydrogen) atoms. The molecule has 98 valence electrons. The van der Waals surface area contributed by atoms with E-state index in [2.05, 4.69) is 36.4 Å². The van der Waals surface area contributed by atoms with Crippen molar-refractivity contribution in [2.24, 2.45) is 0 Å². The van der Waals surface area contributed by atoms with Gasteiger partial charge in [-0.15, -0.1) is 0 Å². The first-order valence-electron chi connectivity index (χ1n) is 6.73. The number of hydrogen-bond acceptors (Lipinski definition) is 0. The largest absolute Gasteiger partial charge is 1.00 e. The van der Waals surface area contributed by atoms with Gasteiger partial charge in [0.05, 0.1) is 0 Å². The minimum Gasteiger partial charge on any atom is -0.668 e. The summed E-state index contributed by atoms with van der Waals surface area (Å²) in [4.78, 5) is 0. The second-order valence-electron chi connectivity index (χ2n) is 4.85. The molecule has 0 spiro atoms. The molecule has 0 saturated carbocycles. The molecule has 0 aliphatic heterocycles. The molecule has 3 aromatic rings. The van der Waals surface area contributed by atoms with E-state index in [9.17, 15) is 5.40 Å². The van der Waals surface area contributed by atoms with Crippen LogP contribution in [0.2, 0.25) is 0 Å². The Morgan fingerprint density at radius 2 is 0.714 bits per heavy atom. The minimum atomic E-state index is -2.63. The molecule has 0 radical (unpaired) electrons. The second-order valence-corrected chi connectivity index (χ2v) is 8.08. The van der Waals surface area contributed by atoms with Crippen molar-refractivity contribution >= 4 is 23.8 Å². The summed E-state index contributed by atoms with van der Waals surface area (Å²) < 4.78 is 0. The third-order valence-electron chi connectivity index (χ3n) is 3.62. The topological polar surface area (TPSA) is 23.8 Å². The van der Waals surface area contributed by atoms with E-state index in [1.54, 1.807) is 0 Å². The summed E-state index contributed by atoms with van der Waals surface area (Å²) in [6.45, 7) is 0. The first-order valence-corrected chi connectivity index (χ1v) is 8.73. The van der Waals surface area contributed by atoms with Crippen LogP contribution in [0.4, 0.5) is 0 Å². The van der Waals surface area contributed by atoms with Gasteiger partial charge in [0, 0.05) is 8.24 Å². The van der Waals surface area contributed by atoms with Gasteiger partial charge in [-0.25, -0.2) is 0 Å². The fraction of sp³-hybridized carbons (Fsp3) is 0. The summed E-state index contributed by atoms with van der Waals surface area (Å²) in [6, 6.07) is 30.7. The van der Waals surface area contributed by atoms with Gasteiger partial charge >= 0.3 is 51.4 Å². The first kappa shape index (κ1) is 16.8. The molecule has 3 aromatic carbocycles. The van der Waals surface area contributed by atoms with E-state index in [0.717, 1.165) is 15.6 Å². The third-order valence-corrected chi connectivity index (χ3v) is 7.22. The third kappa shape index (κ3) is 3.46. The van der Waals surface area contributed by atoms with E-state index >= 15 is 0 Å². The molecule has 1 nitrogen and oxygen atoms in total. The number of hydrogen-bond donors (Lipinski definition) is 0. The zero-order valence-electron chi connectivity index (χ0n) is 12.2. The zero-order valence-corrected chi connectivity index (χ0v) is 16.3. The molecule has 0 atom stereocenters. The summed E-state index contributed by atoms with van der Waals surface area (Å²) in [5.41, 5.74) is 0. The molecule has 0 unspecified atom stereocenters. The second kappa shape index (κ2) is 7.65. The van der Waals surface area contributed by atoms with Gasteiger partial charge in [0.15, 0.2) is 0 Å². The van der Waals surface area contributed by atoms with Gasteiger partial charge in [0.1, 0.15) is 0 Å². The van der Waals surface area contributed by atoms with Crippen molar-refractivity contribution in [2.75, 3.05) is 0 Å². The molecule has 1 N–H and O–H groups in total. The van der Waals surface area contributed by atoms with E-state index in [1.165, 1.54) is 0 Å². The fourth-order valence-corrected chi connectivity index (χ4v) is 5.64. The number of rotatable bonds is 3. The molecule has 0 saturated heterocycles. The molecule has 0 bridgehead atoms. The quantitative estimate of drug-likeness (QED) is 0.469. The number of benzene rings is 3. The standard InChI is InChI=1S/C18H16NSi.K/c19-20(16-10-4-1-5-11-16,17-12-6-2-7-13-17)18-14-8-3-9-15-18;/h1-15,19H;/q-1;+1. The van der Waals surface area contributed by atoms with Crippen LogP contribution in [-0.2, 0) is 0 Å². The van der Waals surface area contributed by atoms with Gasteiger partial charge < -0.3 is 5.40 Å². The Bertz CT molecular complexity index is 575. The Hall–Kier alpha value is -0.527. The van der Waals surface area contributed by atoms with E-state index in [1.807, 2.05) is 54.6 Å². The van der Waals surface area contributed by atoms with Crippen molar-refractivity contribution in [3.8, 4) is 0 Å².